The van der Waals surface area contributed by atoms with Gasteiger partial charge in [0.1, 0.15) is 5.75 Å². The highest BCUT2D eigenvalue weighted by molar-refractivity contribution is 6.33. The average Bonchev–Trinajstić information content (AvgIpc) is 2.45. The van der Waals surface area contributed by atoms with E-state index in [9.17, 15) is 15.0 Å². The third-order valence-corrected chi connectivity index (χ3v) is 3.59. The summed E-state index contributed by atoms with van der Waals surface area (Å²) in [6.07, 6.45) is 1.98. The summed E-state index contributed by atoms with van der Waals surface area (Å²) in [5.41, 5.74) is 2.38. The monoisotopic (exact) mass is 302 g/mol. The van der Waals surface area contributed by atoms with Crippen LogP contribution >= 0.6 is 11.6 Å². The number of halogens is 1. The number of benzene rings is 2. The lowest BCUT2D eigenvalue weighted by atomic mass is 9.94. The molecule has 0 saturated heterocycles. The molecule has 1 atom stereocenters. The Morgan fingerprint density at radius 2 is 1.90 bits per heavy atom. The maximum atomic E-state index is 11.2. The number of aromatic hydroxyl groups is 1. The Morgan fingerprint density at radius 3 is 2.43 bits per heavy atom. The molecule has 0 fully saturated rings. The Balaban J connectivity index is 2.33. The molecule has 0 saturated carbocycles. The highest BCUT2D eigenvalue weighted by atomic mass is 35.5. The standard InChI is InChI=1S/C17H15ClO3/c1-2-3-15(17(20)21)12-6-4-11(5-7-12)14-9-8-13(19)10-16(14)18/h2,4-10,15,19H,1,3H2,(H,20,21). The lowest BCUT2D eigenvalue weighted by Gasteiger charge is -2.12. The minimum Gasteiger partial charge on any atom is -0.508 e. The van der Waals surface area contributed by atoms with E-state index >= 15 is 0 Å². The SMILES string of the molecule is C=CCC(C(=O)O)c1ccc(-c2ccc(O)cc2Cl)cc1. The van der Waals surface area contributed by atoms with Crippen LogP contribution in [0, 0.1) is 0 Å². The largest absolute Gasteiger partial charge is 0.508 e. The van der Waals surface area contributed by atoms with Gasteiger partial charge in [0.25, 0.3) is 0 Å². The molecule has 1 unspecified atom stereocenters. The van der Waals surface area contributed by atoms with Gasteiger partial charge >= 0.3 is 5.97 Å². The van der Waals surface area contributed by atoms with Crippen molar-refractivity contribution in [3.8, 4) is 16.9 Å². The van der Waals surface area contributed by atoms with Crippen LogP contribution in [0.3, 0.4) is 0 Å². The molecule has 0 bridgehead atoms. The van der Waals surface area contributed by atoms with Crippen molar-refractivity contribution in [1.29, 1.82) is 0 Å². The van der Waals surface area contributed by atoms with Crippen LogP contribution in [0.5, 0.6) is 5.75 Å². The smallest absolute Gasteiger partial charge is 0.311 e. The van der Waals surface area contributed by atoms with Crippen molar-refractivity contribution in [1.82, 2.24) is 0 Å². The van der Waals surface area contributed by atoms with Crippen molar-refractivity contribution in [3.63, 3.8) is 0 Å². The fourth-order valence-electron chi connectivity index (χ4n) is 2.18. The molecule has 0 aliphatic heterocycles. The molecule has 0 aliphatic carbocycles. The lowest BCUT2D eigenvalue weighted by molar-refractivity contribution is -0.138. The lowest BCUT2D eigenvalue weighted by Crippen LogP contribution is -2.10. The summed E-state index contributed by atoms with van der Waals surface area (Å²) >= 11 is 6.10. The van der Waals surface area contributed by atoms with Crippen LogP contribution in [0.15, 0.2) is 55.1 Å². The fourth-order valence-corrected chi connectivity index (χ4v) is 2.46. The number of hydrogen-bond donors (Lipinski definition) is 2. The fraction of sp³-hybridized carbons (Fsp3) is 0.118. The van der Waals surface area contributed by atoms with Crippen LogP contribution in [0.25, 0.3) is 11.1 Å². The molecule has 0 aromatic heterocycles. The maximum absolute atomic E-state index is 11.2. The van der Waals surface area contributed by atoms with E-state index in [1.807, 2.05) is 12.1 Å². The van der Waals surface area contributed by atoms with Crippen LogP contribution in [0.1, 0.15) is 17.9 Å². The Kier molecular flexibility index (Phi) is 4.66. The molecule has 108 valence electrons. The Labute approximate surface area is 128 Å². The van der Waals surface area contributed by atoms with E-state index in [1.54, 1.807) is 30.3 Å². The van der Waals surface area contributed by atoms with Crippen LogP contribution in [-0.2, 0) is 4.79 Å². The number of phenolic OH excluding ortho intramolecular Hbond substituents is 1. The summed E-state index contributed by atoms with van der Waals surface area (Å²) in [5, 5.41) is 19.0. The third-order valence-electron chi connectivity index (χ3n) is 3.28. The number of rotatable bonds is 5. The molecule has 0 radical (unpaired) electrons. The molecule has 4 heteroatoms. The molecule has 2 rings (SSSR count). The van der Waals surface area contributed by atoms with E-state index in [2.05, 4.69) is 6.58 Å². The van der Waals surface area contributed by atoms with Gasteiger partial charge in [0.15, 0.2) is 0 Å². The number of aliphatic carboxylic acids is 1. The highest BCUT2D eigenvalue weighted by Gasteiger charge is 2.18. The molecule has 0 aliphatic rings. The number of carbonyl (C=O) groups is 1. The van der Waals surface area contributed by atoms with Crippen LogP contribution in [0.4, 0.5) is 0 Å². The van der Waals surface area contributed by atoms with Gasteiger partial charge in [-0.05, 0) is 35.7 Å². The summed E-state index contributed by atoms with van der Waals surface area (Å²) < 4.78 is 0. The number of carboxylic acids is 1. The second kappa shape index (κ2) is 6.46. The van der Waals surface area contributed by atoms with Gasteiger partial charge in [-0.2, -0.15) is 0 Å². The van der Waals surface area contributed by atoms with Gasteiger partial charge in [-0.1, -0.05) is 41.9 Å². The summed E-state index contributed by atoms with van der Waals surface area (Å²) in [5.74, 6) is -1.35. The van der Waals surface area contributed by atoms with Crippen molar-refractivity contribution in [2.24, 2.45) is 0 Å². The zero-order valence-electron chi connectivity index (χ0n) is 11.3. The van der Waals surface area contributed by atoms with E-state index in [4.69, 9.17) is 11.6 Å². The van der Waals surface area contributed by atoms with Gasteiger partial charge < -0.3 is 10.2 Å². The molecule has 2 N–H and O–H groups in total. The number of phenols is 1. The molecular weight excluding hydrogens is 288 g/mol. The van der Waals surface area contributed by atoms with Gasteiger partial charge in [-0.15, -0.1) is 6.58 Å². The second-order valence-corrected chi connectivity index (χ2v) is 5.11. The first-order valence-electron chi connectivity index (χ1n) is 6.45. The second-order valence-electron chi connectivity index (χ2n) is 4.70. The number of carboxylic acid groups (broad SMARTS) is 1. The van der Waals surface area contributed by atoms with Gasteiger partial charge in [-0.3, -0.25) is 4.79 Å². The van der Waals surface area contributed by atoms with Crippen LogP contribution < -0.4 is 0 Å². The van der Waals surface area contributed by atoms with Gasteiger partial charge in [0, 0.05) is 5.56 Å². The summed E-state index contributed by atoms with van der Waals surface area (Å²) in [6, 6.07) is 12.0. The summed E-state index contributed by atoms with van der Waals surface area (Å²) in [6.45, 7) is 3.59. The van der Waals surface area contributed by atoms with Crippen molar-refractivity contribution in [3.05, 3.63) is 65.7 Å². The molecule has 2 aromatic rings. The number of hydrogen-bond acceptors (Lipinski definition) is 2. The molecule has 21 heavy (non-hydrogen) atoms. The Morgan fingerprint density at radius 1 is 1.24 bits per heavy atom. The maximum Gasteiger partial charge on any atom is 0.311 e. The molecule has 0 heterocycles. The molecule has 3 nitrogen and oxygen atoms in total. The van der Waals surface area contributed by atoms with Crippen LogP contribution in [-0.4, -0.2) is 16.2 Å². The molecular formula is C17H15ClO3. The van der Waals surface area contributed by atoms with Gasteiger partial charge in [0.05, 0.1) is 10.9 Å². The number of allylic oxidation sites excluding steroid dienone is 1. The van der Waals surface area contributed by atoms with Crippen molar-refractivity contribution in [2.45, 2.75) is 12.3 Å². The minimum atomic E-state index is -0.870. The normalized spacial score (nSPS) is 11.9. The predicted octanol–water partition coefficient (Wildman–Crippen LogP) is 4.46. The van der Waals surface area contributed by atoms with E-state index in [0.717, 1.165) is 16.7 Å². The first-order chi connectivity index (χ1) is 10.0. The zero-order valence-corrected chi connectivity index (χ0v) is 12.0. The van der Waals surface area contributed by atoms with Crippen LogP contribution in [0.2, 0.25) is 5.02 Å². The average molecular weight is 303 g/mol. The van der Waals surface area contributed by atoms with Crippen molar-refractivity contribution in [2.75, 3.05) is 0 Å². The van der Waals surface area contributed by atoms with E-state index in [-0.39, 0.29) is 5.75 Å². The molecule has 0 amide bonds. The Bertz CT molecular complexity index is 662. The first-order valence-corrected chi connectivity index (χ1v) is 6.83. The quantitative estimate of drug-likeness (QED) is 0.802. The zero-order chi connectivity index (χ0) is 15.4. The van der Waals surface area contributed by atoms with Gasteiger partial charge in [-0.25, -0.2) is 0 Å². The topological polar surface area (TPSA) is 57.5 Å². The predicted molar refractivity (Wildman–Crippen MR) is 83.7 cm³/mol. The highest BCUT2D eigenvalue weighted by Crippen LogP contribution is 2.32. The third kappa shape index (κ3) is 3.44. The van der Waals surface area contributed by atoms with E-state index in [1.165, 1.54) is 6.07 Å². The minimum absolute atomic E-state index is 0.109. The van der Waals surface area contributed by atoms with E-state index in [0.29, 0.717) is 11.4 Å². The molecule has 2 aromatic carbocycles. The molecule has 0 spiro atoms. The summed E-state index contributed by atoms with van der Waals surface area (Å²) in [7, 11) is 0. The van der Waals surface area contributed by atoms with Crippen molar-refractivity contribution < 1.29 is 15.0 Å². The van der Waals surface area contributed by atoms with Gasteiger partial charge in [0.2, 0.25) is 0 Å². The van der Waals surface area contributed by atoms with E-state index < -0.39 is 11.9 Å². The first kappa shape index (κ1) is 15.1. The van der Waals surface area contributed by atoms with Crippen molar-refractivity contribution >= 4 is 17.6 Å². The Hall–Kier alpha value is -2.26. The summed E-state index contributed by atoms with van der Waals surface area (Å²) in [4.78, 5) is 11.2.